The summed E-state index contributed by atoms with van der Waals surface area (Å²) >= 11 is 2.91. The highest BCUT2D eigenvalue weighted by atomic mass is 79.9. The van der Waals surface area contributed by atoms with Crippen LogP contribution in [-0.2, 0) is 19.9 Å². The maximum absolute atomic E-state index is 12.1. The molecule has 0 spiro atoms. The Labute approximate surface area is 102 Å². The number of rotatable bonds is 7. The number of hydrogen-bond acceptors (Lipinski definition) is 4. The number of nitrogens with zero attached hydrogens (tertiary/aromatic N) is 1. The topological polar surface area (TPSA) is 71.5 Å². The Hall–Kier alpha value is 0.200. The number of sulfonamides is 1. The molecule has 0 rings (SSSR count). The van der Waals surface area contributed by atoms with Crippen LogP contribution in [0.5, 0.6) is 0 Å². The van der Waals surface area contributed by atoms with E-state index in [9.17, 15) is 25.6 Å². The fourth-order valence-corrected chi connectivity index (χ4v) is 5.07. The average molecular weight is 344 g/mol. The number of sulfone groups is 1. The molecule has 16 heavy (non-hydrogen) atoms. The predicted octanol–water partition coefficient (Wildman–Crippen LogP) is 0.280. The summed E-state index contributed by atoms with van der Waals surface area (Å²) < 4.78 is 69.3. The van der Waals surface area contributed by atoms with Crippen molar-refractivity contribution in [1.82, 2.24) is 4.31 Å². The van der Waals surface area contributed by atoms with E-state index < -0.39 is 37.9 Å². The second kappa shape index (κ2) is 6.22. The third kappa shape index (κ3) is 6.71. The molecule has 10 heteroatoms. The number of alkyl halides is 3. The Morgan fingerprint density at radius 1 is 1.25 bits per heavy atom. The van der Waals surface area contributed by atoms with Crippen LogP contribution in [0.4, 0.5) is 8.78 Å². The normalized spacial score (nSPS) is 13.6. The van der Waals surface area contributed by atoms with Crippen LogP contribution >= 0.6 is 15.9 Å². The maximum Gasteiger partial charge on any atom is 0.252 e. The highest BCUT2D eigenvalue weighted by molar-refractivity contribution is 9.09. The van der Waals surface area contributed by atoms with Gasteiger partial charge in [-0.2, -0.15) is 4.31 Å². The van der Waals surface area contributed by atoms with Crippen molar-refractivity contribution in [1.29, 1.82) is 0 Å². The Morgan fingerprint density at radius 2 is 1.75 bits per heavy atom. The van der Waals surface area contributed by atoms with Gasteiger partial charge in [-0.3, -0.25) is 0 Å². The van der Waals surface area contributed by atoms with Crippen molar-refractivity contribution in [2.75, 3.05) is 29.8 Å². The minimum atomic E-state index is -4.20. The largest absolute Gasteiger partial charge is 0.252 e. The van der Waals surface area contributed by atoms with Crippen LogP contribution in [0.25, 0.3) is 0 Å². The van der Waals surface area contributed by atoms with Gasteiger partial charge in [0.2, 0.25) is 10.0 Å². The molecule has 98 valence electrons. The smallest absolute Gasteiger partial charge is 0.228 e. The highest BCUT2D eigenvalue weighted by Gasteiger charge is 2.28. The van der Waals surface area contributed by atoms with E-state index in [-0.39, 0.29) is 11.9 Å². The summed E-state index contributed by atoms with van der Waals surface area (Å²) in [5, 5.41) is -0.998. The van der Waals surface area contributed by atoms with Crippen molar-refractivity contribution in [3.63, 3.8) is 0 Å². The molecule has 0 fully saturated rings. The molecule has 0 bridgehead atoms. The van der Waals surface area contributed by atoms with Crippen molar-refractivity contribution < 1.29 is 25.6 Å². The van der Waals surface area contributed by atoms with E-state index in [4.69, 9.17) is 0 Å². The first-order valence-corrected chi connectivity index (χ1v) is 8.87. The first-order chi connectivity index (χ1) is 7.08. The van der Waals surface area contributed by atoms with Crippen LogP contribution in [0.1, 0.15) is 0 Å². The zero-order valence-corrected chi connectivity index (χ0v) is 11.7. The van der Waals surface area contributed by atoms with Gasteiger partial charge in [0.15, 0.2) is 14.9 Å². The van der Waals surface area contributed by atoms with E-state index in [0.29, 0.717) is 4.31 Å². The lowest BCUT2D eigenvalue weighted by Crippen LogP contribution is -2.39. The molecule has 5 nitrogen and oxygen atoms in total. The summed E-state index contributed by atoms with van der Waals surface area (Å²) in [7, 11) is -7.97. The fraction of sp³-hybridized carbons (Fsp3) is 1.00. The van der Waals surface area contributed by atoms with Gasteiger partial charge in [0.25, 0.3) is 6.43 Å². The number of halogens is 3. The Bertz CT molecular complexity index is 408. The minimum Gasteiger partial charge on any atom is -0.228 e. The average Bonchev–Trinajstić information content (AvgIpc) is 1.97. The minimum absolute atomic E-state index is 0.155. The first-order valence-electron chi connectivity index (χ1n) is 4.08. The second-order valence-electron chi connectivity index (χ2n) is 3.09. The lowest BCUT2D eigenvalue weighted by atomic mass is 10.6. The van der Waals surface area contributed by atoms with Crippen LogP contribution < -0.4 is 0 Å². The third-order valence-electron chi connectivity index (χ3n) is 1.43. The fourth-order valence-electron chi connectivity index (χ4n) is 0.937. The monoisotopic (exact) mass is 343 g/mol. The van der Waals surface area contributed by atoms with E-state index in [2.05, 4.69) is 15.9 Å². The van der Waals surface area contributed by atoms with Gasteiger partial charge in [0.1, 0.15) is 0 Å². The van der Waals surface area contributed by atoms with Crippen LogP contribution in [0.15, 0.2) is 0 Å². The standard InChI is InChI=1S/C6H12BrF2NO4S2/c1-15(11,12)5-16(13,14)10(3-2-7)4-6(8)9/h6H,2-5H2,1H3. The third-order valence-corrected chi connectivity index (χ3v) is 5.81. The molecule has 0 aliphatic heterocycles. The summed E-state index contributed by atoms with van der Waals surface area (Å²) in [4.78, 5) is 0. The van der Waals surface area contributed by atoms with Crippen molar-refractivity contribution in [2.45, 2.75) is 6.43 Å². The lowest BCUT2D eigenvalue weighted by molar-refractivity contribution is 0.121. The van der Waals surface area contributed by atoms with E-state index in [0.717, 1.165) is 6.26 Å². The van der Waals surface area contributed by atoms with Crippen LogP contribution in [0.2, 0.25) is 0 Å². The zero-order chi connectivity index (χ0) is 13.0. The molecule has 0 atom stereocenters. The molecular formula is C6H12BrF2NO4S2. The molecule has 0 unspecified atom stereocenters. The zero-order valence-electron chi connectivity index (χ0n) is 8.44. The van der Waals surface area contributed by atoms with Crippen molar-refractivity contribution >= 4 is 35.8 Å². The van der Waals surface area contributed by atoms with E-state index in [1.807, 2.05) is 0 Å². The molecule has 0 aromatic carbocycles. The molecule has 0 aliphatic carbocycles. The van der Waals surface area contributed by atoms with Gasteiger partial charge in [0, 0.05) is 18.1 Å². The Balaban J connectivity index is 4.90. The summed E-state index contributed by atoms with van der Waals surface area (Å²) in [6.45, 7) is -1.19. The van der Waals surface area contributed by atoms with Crippen LogP contribution in [0, 0.1) is 0 Å². The van der Waals surface area contributed by atoms with Crippen molar-refractivity contribution in [3.8, 4) is 0 Å². The van der Waals surface area contributed by atoms with Crippen molar-refractivity contribution in [2.24, 2.45) is 0 Å². The summed E-state index contributed by atoms with van der Waals surface area (Å²) in [6, 6.07) is 0. The van der Waals surface area contributed by atoms with Gasteiger partial charge in [-0.1, -0.05) is 15.9 Å². The van der Waals surface area contributed by atoms with Gasteiger partial charge < -0.3 is 0 Å². The van der Waals surface area contributed by atoms with Gasteiger partial charge in [-0.05, 0) is 0 Å². The van der Waals surface area contributed by atoms with Gasteiger partial charge in [0.05, 0.1) is 6.54 Å². The van der Waals surface area contributed by atoms with Crippen molar-refractivity contribution in [3.05, 3.63) is 0 Å². The van der Waals surface area contributed by atoms with Gasteiger partial charge in [-0.25, -0.2) is 25.6 Å². The molecule has 0 saturated carbocycles. The molecule has 0 saturated heterocycles. The Kier molecular flexibility index (Phi) is 6.30. The quantitative estimate of drug-likeness (QED) is 0.622. The van der Waals surface area contributed by atoms with Crippen LogP contribution in [-0.4, -0.2) is 57.3 Å². The summed E-state index contributed by atoms with van der Waals surface area (Å²) in [5.74, 6) is 0. The molecule has 0 N–H and O–H groups in total. The summed E-state index contributed by atoms with van der Waals surface area (Å²) in [6.07, 6.45) is -2.10. The molecule has 0 aromatic rings. The predicted molar refractivity (Wildman–Crippen MR) is 60.0 cm³/mol. The molecule has 0 heterocycles. The van der Waals surface area contributed by atoms with E-state index in [1.54, 1.807) is 0 Å². The lowest BCUT2D eigenvalue weighted by Gasteiger charge is -2.20. The SMILES string of the molecule is CS(=O)(=O)CS(=O)(=O)N(CCBr)CC(F)F. The molecular weight excluding hydrogens is 332 g/mol. The summed E-state index contributed by atoms with van der Waals surface area (Å²) in [5.41, 5.74) is 0. The molecule has 0 aromatic heterocycles. The highest BCUT2D eigenvalue weighted by Crippen LogP contribution is 2.08. The molecule has 0 amide bonds. The first kappa shape index (κ1) is 16.2. The van der Waals surface area contributed by atoms with Gasteiger partial charge in [-0.15, -0.1) is 0 Å². The van der Waals surface area contributed by atoms with Gasteiger partial charge >= 0.3 is 0 Å². The molecule has 0 radical (unpaired) electrons. The van der Waals surface area contributed by atoms with Crippen LogP contribution in [0.3, 0.4) is 0 Å². The second-order valence-corrected chi connectivity index (χ2v) is 8.36. The van der Waals surface area contributed by atoms with E-state index >= 15 is 0 Å². The molecule has 0 aliphatic rings. The number of hydrogen-bond donors (Lipinski definition) is 0. The maximum atomic E-state index is 12.1. The van der Waals surface area contributed by atoms with E-state index in [1.165, 1.54) is 0 Å². The Morgan fingerprint density at radius 3 is 2.06 bits per heavy atom.